The maximum atomic E-state index is 13.1. The quantitative estimate of drug-likeness (QED) is 0.792. The van der Waals surface area contributed by atoms with Crippen LogP contribution in [0.15, 0.2) is 42.5 Å². The van der Waals surface area contributed by atoms with Gasteiger partial charge >= 0.3 is 11.8 Å². The van der Waals surface area contributed by atoms with E-state index < -0.39 is 17.6 Å². The van der Waals surface area contributed by atoms with Crippen molar-refractivity contribution in [1.29, 1.82) is 0 Å². The second-order valence-corrected chi connectivity index (χ2v) is 6.74. The number of hydrogen-bond donors (Lipinski definition) is 2. The average molecular weight is 349 g/mol. The molecule has 2 aromatic rings. The van der Waals surface area contributed by atoms with Crippen LogP contribution in [0.2, 0.25) is 5.02 Å². The van der Waals surface area contributed by atoms with E-state index in [0.29, 0.717) is 5.69 Å². The third-order valence-corrected chi connectivity index (χ3v) is 3.66. The number of halogens is 2. The average Bonchev–Trinajstić information content (AvgIpc) is 2.50. The standard InChI is InChI=1S/C18H18ClFN2O2/c1-18(2,3)12-6-4-5-7-15(12)22-17(24)16(23)21-11-8-9-14(20)13(19)10-11/h4-10H,1-3H3,(H,21,23)(H,22,24). The molecule has 24 heavy (non-hydrogen) atoms. The molecule has 0 saturated carbocycles. The van der Waals surface area contributed by atoms with Gasteiger partial charge in [0.1, 0.15) is 5.82 Å². The maximum absolute atomic E-state index is 13.1. The number of para-hydroxylation sites is 1. The van der Waals surface area contributed by atoms with Gasteiger partial charge in [0.2, 0.25) is 0 Å². The first-order chi connectivity index (χ1) is 11.2. The smallest absolute Gasteiger partial charge is 0.314 e. The van der Waals surface area contributed by atoms with Crippen LogP contribution in [-0.4, -0.2) is 11.8 Å². The van der Waals surface area contributed by atoms with Crippen molar-refractivity contribution in [3.8, 4) is 0 Å². The van der Waals surface area contributed by atoms with Gasteiger partial charge in [0, 0.05) is 11.4 Å². The molecule has 0 heterocycles. The van der Waals surface area contributed by atoms with Gasteiger partial charge in [-0.25, -0.2) is 4.39 Å². The highest BCUT2D eigenvalue weighted by molar-refractivity contribution is 6.43. The van der Waals surface area contributed by atoms with E-state index in [1.165, 1.54) is 12.1 Å². The lowest BCUT2D eigenvalue weighted by atomic mass is 9.86. The Balaban J connectivity index is 2.12. The second kappa shape index (κ2) is 7.01. The minimum atomic E-state index is -0.860. The monoisotopic (exact) mass is 348 g/mol. The molecule has 0 unspecified atom stereocenters. The van der Waals surface area contributed by atoms with Crippen molar-refractivity contribution in [2.75, 3.05) is 10.6 Å². The Morgan fingerprint density at radius 2 is 1.62 bits per heavy atom. The van der Waals surface area contributed by atoms with E-state index in [1.807, 2.05) is 32.9 Å². The number of carbonyl (C=O) groups is 2. The lowest BCUT2D eigenvalue weighted by Crippen LogP contribution is -2.30. The second-order valence-electron chi connectivity index (χ2n) is 6.33. The molecule has 0 spiro atoms. The molecule has 4 nitrogen and oxygen atoms in total. The van der Waals surface area contributed by atoms with E-state index in [4.69, 9.17) is 11.6 Å². The molecule has 0 radical (unpaired) electrons. The molecule has 0 atom stereocenters. The fourth-order valence-corrected chi connectivity index (χ4v) is 2.37. The van der Waals surface area contributed by atoms with Crippen LogP contribution in [0.4, 0.5) is 15.8 Å². The number of benzene rings is 2. The third-order valence-electron chi connectivity index (χ3n) is 3.37. The summed E-state index contributed by atoms with van der Waals surface area (Å²) < 4.78 is 13.1. The Morgan fingerprint density at radius 3 is 2.25 bits per heavy atom. The lowest BCUT2D eigenvalue weighted by Gasteiger charge is -2.22. The molecule has 0 saturated heterocycles. The molecule has 6 heteroatoms. The summed E-state index contributed by atoms with van der Waals surface area (Å²) in [5.74, 6) is -2.27. The van der Waals surface area contributed by atoms with E-state index in [1.54, 1.807) is 12.1 Å². The van der Waals surface area contributed by atoms with E-state index in [2.05, 4.69) is 10.6 Å². The van der Waals surface area contributed by atoms with Crippen LogP contribution < -0.4 is 10.6 Å². The molecule has 0 bridgehead atoms. The van der Waals surface area contributed by atoms with E-state index in [0.717, 1.165) is 11.6 Å². The molecule has 0 aliphatic carbocycles. The summed E-state index contributed by atoms with van der Waals surface area (Å²) in [6.07, 6.45) is 0. The Bertz CT molecular complexity index is 785. The van der Waals surface area contributed by atoms with Crippen LogP contribution in [0.3, 0.4) is 0 Å². The summed E-state index contributed by atoms with van der Waals surface area (Å²) in [4.78, 5) is 24.1. The molecule has 0 aliphatic rings. The summed E-state index contributed by atoms with van der Waals surface area (Å²) in [7, 11) is 0. The van der Waals surface area contributed by atoms with Gasteiger partial charge in [-0.1, -0.05) is 50.6 Å². The number of carbonyl (C=O) groups excluding carboxylic acids is 2. The summed E-state index contributed by atoms with van der Waals surface area (Å²) in [5, 5.41) is 4.86. The highest BCUT2D eigenvalue weighted by Crippen LogP contribution is 2.29. The fraction of sp³-hybridized carbons (Fsp3) is 0.222. The molecule has 2 N–H and O–H groups in total. The van der Waals surface area contributed by atoms with Gasteiger partial charge in [-0.2, -0.15) is 0 Å². The van der Waals surface area contributed by atoms with Crippen molar-refractivity contribution >= 4 is 34.8 Å². The van der Waals surface area contributed by atoms with Crippen LogP contribution in [0.25, 0.3) is 0 Å². The Kier molecular flexibility index (Phi) is 5.24. The van der Waals surface area contributed by atoms with Gasteiger partial charge in [0.25, 0.3) is 0 Å². The Morgan fingerprint density at radius 1 is 1.00 bits per heavy atom. The van der Waals surface area contributed by atoms with Crippen LogP contribution >= 0.6 is 11.6 Å². The number of amides is 2. The molecule has 2 aromatic carbocycles. The maximum Gasteiger partial charge on any atom is 0.314 e. The van der Waals surface area contributed by atoms with E-state index in [-0.39, 0.29) is 16.1 Å². The van der Waals surface area contributed by atoms with Crippen molar-refractivity contribution in [3.05, 3.63) is 58.9 Å². The van der Waals surface area contributed by atoms with Crippen molar-refractivity contribution in [1.82, 2.24) is 0 Å². The van der Waals surface area contributed by atoms with Gasteiger partial charge < -0.3 is 10.6 Å². The predicted octanol–water partition coefficient (Wildman–Crippen LogP) is 4.35. The van der Waals surface area contributed by atoms with E-state index in [9.17, 15) is 14.0 Å². The molecule has 2 rings (SSSR count). The first kappa shape index (κ1) is 17.9. The first-order valence-electron chi connectivity index (χ1n) is 7.35. The van der Waals surface area contributed by atoms with Crippen LogP contribution in [0.1, 0.15) is 26.3 Å². The van der Waals surface area contributed by atoms with Gasteiger partial charge in [-0.15, -0.1) is 0 Å². The first-order valence-corrected chi connectivity index (χ1v) is 7.73. The van der Waals surface area contributed by atoms with Gasteiger partial charge in [0.15, 0.2) is 0 Å². The van der Waals surface area contributed by atoms with Crippen LogP contribution in [-0.2, 0) is 15.0 Å². The van der Waals surface area contributed by atoms with Gasteiger partial charge in [-0.05, 0) is 35.2 Å². The van der Waals surface area contributed by atoms with Gasteiger partial charge in [-0.3, -0.25) is 9.59 Å². The molecule has 2 amide bonds. The zero-order valence-electron chi connectivity index (χ0n) is 13.6. The Hall–Kier alpha value is -2.40. The largest absolute Gasteiger partial charge is 0.318 e. The topological polar surface area (TPSA) is 58.2 Å². The zero-order chi connectivity index (χ0) is 17.9. The number of nitrogens with one attached hydrogen (secondary N) is 2. The van der Waals surface area contributed by atoms with Crippen molar-refractivity contribution in [3.63, 3.8) is 0 Å². The van der Waals surface area contributed by atoms with Crippen LogP contribution in [0.5, 0.6) is 0 Å². The number of anilines is 2. The zero-order valence-corrected chi connectivity index (χ0v) is 14.4. The summed E-state index contributed by atoms with van der Waals surface area (Å²) >= 11 is 5.65. The van der Waals surface area contributed by atoms with E-state index >= 15 is 0 Å². The summed E-state index contributed by atoms with van der Waals surface area (Å²) in [6, 6.07) is 11.0. The SMILES string of the molecule is CC(C)(C)c1ccccc1NC(=O)C(=O)Nc1ccc(F)c(Cl)c1. The predicted molar refractivity (Wildman–Crippen MR) is 93.8 cm³/mol. The highest BCUT2D eigenvalue weighted by Gasteiger charge is 2.21. The normalized spacial score (nSPS) is 11.0. The molecule has 0 aromatic heterocycles. The number of hydrogen-bond acceptors (Lipinski definition) is 2. The lowest BCUT2D eigenvalue weighted by molar-refractivity contribution is -0.133. The van der Waals surface area contributed by atoms with Gasteiger partial charge in [0.05, 0.1) is 5.02 Å². The third kappa shape index (κ3) is 4.32. The summed E-state index contributed by atoms with van der Waals surface area (Å²) in [6.45, 7) is 6.04. The fourth-order valence-electron chi connectivity index (χ4n) is 2.19. The number of rotatable bonds is 2. The minimum Gasteiger partial charge on any atom is -0.318 e. The molecular formula is C18H18ClFN2O2. The minimum absolute atomic E-state index is 0.133. The molecule has 0 aliphatic heterocycles. The summed E-state index contributed by atoms with van der Waals surface area (Å²) in [5.41, 5.74) is 1.54. The van der Waals surface area contributed by atoms with Crippen molar-refractivity contribution in [2.24, 2.45) is 0 Å². The molecule has 126 valence electrons. The molecule has 0 fully saturated rings. The van der Waals surface area contributed by atoms with Crippen LogP contribution in [0, 0.1) is 5.82 Å². The highest BCUT2D eigenvalue weighted by atomic mass is 35.5. The van der Waals surface area contributed by atoms with Crippen molar-refractivity contribution in [2.45, 2.75) is 26.2 Å². The molecular weight excluding hydrogens is 331 g/mol. The van der Waals surface area contributed by atoms with Crippen molar-refractivity contribution < 1.29 is 14.0 Å². The Labute approximate surface area is 145 Å².